The van der Waals surface area contributed by atoms with Gasteiger partial charge in [-0.05, 0) is 37.7 Å². The molecule has 0 bridgehead atoms. The van der Waals surface area contributed by atoms with Crippen LogP contribution in [0.1, 0.15) is 41.8 Å². The number of nitrogens with zero attached hydrogens (tertiary/aromatic N) is 2. The largest absolute Gasteiger partial charge is 0.333 e. The molecule has 150 valence electrons. The lowest BCUT2D eigenvalue weighted by atomic mass is 9.89. The molecule has 9 heteroatoms. The molecule has 0 spiro atoms. The van der Waals surface area contributed by atoms with E-state index in [0.717, 1.165) is 47.2 Å². The van der Waals surface area contributed by atoms with Gasteiger partial charge in [-0.15, -0.1) is 11.3 Å². The van der Waals surface area contributed by atoms with Crippen LogP contribution in [0.2, 0.25) is 0 Å². The number of hydrogen-bond donors (Lipinski definition) is 2. The summed E-state index contributed by atoms with van der Waals surface area (Å²) >= 11 is 2.96. The Morgan fingerprint density at radius 2 is 2.03 bits per heavy atom. The zero-order valence-corrected chi connectivity index (χ0v) is 17.4. The number of halogens is 2. The number of thioether (sulfide) groups is 1. The van der Waals surface area contributed by atoms with Gasteiger partial charge < -0.3 is 9.97 Å². The second kappa shape index (κ2) is 6.91. The van der Waals surface area contributed by atoms with Crippen LogP contribution >= 0.6 is 23.1 Å². The predicted octanol–water partition coefficient (Wildman–Crippen LogP) is 5.12. The van der Waals surface area contributed by atoms with Crippen LogP contribution in [-0.2, 0) is 12.8 Å². The third-order valence-corrected chi connectivity index (χ3v) is 7.50. The van der Waals surface area contributed by atoms with E-state index in [4.69, 9.17) is 4.98 Å². The molecule has 5 rings (SSSR count). The number of nitrogens with one attached hydrogen (secondary N) is 2. The minimum atomic E-state index is -0.930. The summed E-state index contributed by atoms with van der Waals surface area (Å²) in [6.07, 6.45) is 3.03. The van der Waals surface area contributed by atoms with E-state index < -0.39 is 11.6 Å². The number of aromatic nitrogens is 4. The average Bonchev–Trinajstić information content (AvgIpc) is 3.21. The minimum Gasteiger partial charge on any atom is -0.333 e. The Balaban J connectivity index is 1.48. The second-order valence-corrected chi connectivity index (χ2v) is 9.98. The number of benzene rings is 1. The Morgan fingerprint density at radius 1 is 1.24 bits per heavy atom. The molecule has 3 heterocycles. The van der Waals surface area contributed by atoms with Gasteiger partial charge in [-0.25, -0.2) is 18.7 Å². The summed E-state index contributed by atoms with van der Waals surface area (Å²) in [5.41, 5.74) is 1.84. The molecule has 2 atom stereocenters. The normalized spacial score (nSPS) is 17.7. The zero-order valence-electron chi connectivity index (χ0n) is 15.8. The standard InChI is InChI=1S/C20H18F2N4OS2/c1-8-3-4-10-15(5-8)29-19-16(10)18(27)25-17(26-19)9(2)28-20-23-13-6-11(21)12(22)7-14(13)24-20/h6-9H,3-5H2,1-2H3,(H,23,24)(H,25,26,27). The molecule has 3 aromatic heterocycles. The van der Waals surface area contributed by atoms with Gasteiger partial charge in [-0.2, -0.15) is 0 Å². The van der Waals surface area contributed by atoms with Gasteiger partial charge >= 0.3 is 0 Å². The first-order valence-corrected chi connectivity index (χ1v) is 11.1. The van der Waals surface area contributed by atoms with E-state index in [1.807, 2.05) is 6.92 Å². The average molecular weight is 433 g/mol. The molecule has 1 aliphatic rings. The van der Waals surface area contributed by atoms with E-state index in [1.165, 1.54) is 16.6 Å². The smallest absolute Gasteiger partial charge is 0.259 e. The molecule has 0 saturated heterocycles. The first kappa shape index (κ1) is 18.7. The molecule has 1 aromatic carbocycles. The number of rotatable bonds is 3. The van der Waals surface area contributed by atoms with Gasteiger partial charge in [0.25, 0.3) is 5.56 Å². The van der Waals surface area contributed by atoms with Crippen molar-refractivity contribution >= 4 is 44.3 Å². The summed E-state index contributed by atoms with van der Waals surface area (Å²) in [7, 11) is 0. The van der Waals surface area contributed by atoms with E-state index in [-0.39, 0.29) is 10.8 Å². The third kappa shape index (κ3) is 3.26. The molecule has 5 nitrogen and oxygen atoms in total. The van der Waals surface area contributed by atoms with Gasteiger partial charge in [0.2, 0.25) is 0 Å². The number of fused-ring (bicyclic) bond motifs is 4. The minimum absolute atomic E-state index is 0.0988. The molecule has 29 heavy (non-hydrogen) atoms. The quantitative estimate of drug-likeness (QED) is 0.441. The number of thiophene rings is 1. The number of imidazole rings is 1. The first-order valence-electron chi connectivity index (χ1n) is 9.45. The SMILES string of the molecule is CC1CCc2c(sc3nc(C(C)Sc4nc5cc(F)c(F)cc5[nH]4)[nH]c(=O)c23)C1. The lowest BCUT2D eigenvalue weighted by molar-refractivity contribution is 0.509. The summed E-state index contributed by atoms with van der Waals surface area (Å²) in [4.78, 5) is 29.8. The molecular formula is C20H18F2N4OS2. The first-order chi connectivity index (χ1) is 13.9. The van der Waals surface area contributed by atoms with Gasteiger partial charge in [0.15, 0.2) is 16.8 Å². The lowest BCUT2D eigenvalue weighted by Gasteiger charge is -2.17. The van der Waals surface area contributed by atoms with E-state index >= 15 is 0 Å². The number of aryl methyl sites for hydroxylation is 1. The summed E-state index contributed by atoms with van der Waals surface area (Å²) < 4.78 is 26.8. The molecule has 0 fully saturated rings. The molecule has 4 aromatic rings. The topological polar surface area (TPSA) is 74.4 Å². The van der Waals surface area contributed by atoms with Gasteiger partial charge in [0, 0.05) is 17.0 Å². The van der Waals surface area contributed by atoms with Crippen LogP contribution in [-0.4, -0.2) is 19.9 Å². The summed E-state index contributed by atoms with van der Waals surface area (Å²) in [6, 6.07) is 2.16. The maximum absolute atomic E-state index is 13.4. The van der Waals surface area contributed by atoms with Crippen molar-refractivity contribution < 1.29 is 8.78 Å². The third-order valence-electron chi connectivity index (χ3n) is 5.36. The van der Waals surface area contributed by atoms with Gasteiger partial charge in [0.1, 0.15) is 10.7 Å². The van der Waals surface area contributed by atoms with Crippen LogP contribution in [0.3, 0.4) is 0 Å². The fraction of sp³-hybridized carbons (Fsp3) is 0.350. The van der Waals surface area contributed by atoms with E-state index in [1.54, 1.807) is 11.3 Å². The maximum Gasteiger partial charge on any atom is 0.259 e. The van der Waals surface area contributed by atoms with Crippen LogP contribution in [0.5, 0.6) is 0 Å². The van der Waals surface area contributed by atoms with Crippen LogP contribution in [0, 0.1) is 17.6 Å². The predicted molar refractivity (Wildman–Crippen MR) is 112 cm³/mol. The summed E-state index contributed by atoms with van der Waals surface area (Å²) in [5, 5.41) is 1.05. The Morgan fingerprint density at radius 3 is 2.86 bits per heavy atom. The fourth-order valence-electron chi connectivity index (χ4n) is 3.82. The van der Waals surface area contributed by atoms with Crippen LogP contribution in [0.25, 0.3) is 21.3 Å². The monoisotopic (exact) mass is 432 g/mol. The van der Waals surface area contributed by atoms with Crippen molar-refractivity contribution in [3.05, 3.63) is 50.4 Å². The van der Waals surface area contributed by atoms with E-state index in [0.29, 0.717) is 27.9 Å². The molecule has 0 amide bonds. The zero-order chi connectivity index (χ0) is 20.3. The second-order valence-electron chi connectivity index (χ2n) is 7.57. The molecule has 0 saturated carbocycles. The van der Waals surface area contributed by atoms with Crippen LogP contribution in [0.4, 0.5) is 8.78 Å². The highest BCUT2D eigenvalue weighted by molar-refractivity contribution is 7.99. The molecule has 0 radical (unpaired) electrons. The molecule has 2 N–H and O–H groups in total. The molecular weight excluding hydrogens is 414 g/mol. The van der Waals surface area contributed by atoms with Crippen molar-refractivity contribution in [2.45, 2.75) is 43.5 Å². The Kier molecular flexibility index (Phi) is 4.47. The van der Waals surface area contributed by atoms with Gasteiger partial charge in [0.05, 0.1) is 21.7 Å². The highest BCUT2D eigenvalue weighted by Gasteiger charge is 2.24. The van der Waals surface area contributed by atoms with Crippen molar-refractivity contribution in [3.8, 4) is 0 Å². The maximum atomic E-state index is 13.4. The van der Waals surface area contributed by atoms with Crippen molar-refractivity contribution in [3.63, 3.8) is 0 Å². The van der Waals surface area contributed by atoms with Gasteiger partial charge in [-0.3, -0.25) is 4.79 Å². The lowest BCUT2D eigenvalue weighted by Crippen LogP contribution is -2.15. The molecule has 0 aliphatic heterocycles. The Hall–Kier alpha value is -2.26. The molecule has 2 unspecified atom stereocenters. The Labute approximate surface area is 173 Å². The van der Waals surface area contributed by atoms with E-state index in [9.17, 15) is 13.6 Å². The number of aromatic amines is 2. The number of H-pyrrole nitrogens is 2. The van der Waals surface area contributed by atoms with Crippen LogP contribution in [0.15, 0.2) is 22.1 Å². The summed E-state index contributed by atoms with van der Waals surface area (Å²) in [6.45, 7) is 4.15. The van der Waals surface area contributed by atoms with E-state index in [2.05, 4.69) is 21.9 Å². The highest BCUT2D eigenvalue weighted by Crippen LogP contribution is 2.37. The Bertz CT molecular complexity index is 1270. The highest BCUT2D eigenvalue weighted by atomic mass is 32.2. The number of hydrogen-bond acceptors (Lipinski definition) is 5. The van der Waals surface area contributed by atoms with Gasteiger partial charge in [-0.1, -0.05) is 18.7 Å². The molecule has 1 aliphatic carbocycles. The summed E-state index contributed by atoms with van der Waals surface area (Å²) in [5.74, 6) is -0.650. The van der Waals surface area contributed by atoms with Crippen molar-refractivity contribution in [2.75, 3.05) is 0 Å². The fourth-order valence-corrected chi connectivity index (χ4v) is 6.09. The van der Waals surface area contributed by atoms with Crippen molar-refractivity contribution in [1.29, 1.82) is 0 Å². The van der Waals surface area contributed by atoms with Crippen LogP contribution < -0.4 is 5.56 Å². The van der Waals surface area contributed by atoms with Crippen molar-refractivity contribution in [2.24, 2.45) is 5.92 Å². The van der Waals surface area contributed by atoms with Crippen molar-refractivity contribution in [1.82, 2.24) is 19.9 Å².